The fourth-order valence-corrected chi connectivity index (χ4v) is 4.02. The van der Waals surface area contributed by atoms with E-state index in [2.05, 4.69) is 46.8 Å². The first-order valence-corrected chi connectivity index (χ1v) is 8.46. The first-order valence-electron chi connectivity index (χ1n) is 8.46. The van der Waals surface area contributed by atoms with Crippen molar-refractivity contribution in [2.75, 3.05) is 0 Å². The number of hydrogen-bond acceptors (Lipinski definition) is 0. The van der Waals surface area contributed by atoms with Crippen LogP contribution in [0.3, 0.4) is 0 Å². The van der Waals surface area contributed by atoms with Crippen LogP contribution in [0.25, 0.3) is 0 Å². The summed E-state index contributed by atoms with van der Waals surface area (Å²) in [5.74, 6) is 0.801. The summed E-state index contributed by atoms with van der Waals surface area (Å²) in [6.45, 7) is 11.7. The second-order valence-corrected chi connectivity index (χ2v) is 7.58. The average molecular weight is 272 g/mol. The highest BCUT2D eigenvalue weighted by molar-refractivity contribution is 5.36. The molecule has 20 heavy (non-hydrogen) atoms. The van der Waals surface area contributed by atoms with E-state index >= 15 is 0 Å². The van der Waals surface area contributed by atoms with Crippen LogP contribution in [0.1, 0.15) is 79.6 Å². The summed E-state index contributed by atoms with van der Waals surface area (Å²) in [7, 11) is 0. The van der Waals surface area contributed by atoms with E-state index in [1.807, 2.05) is 0 Å². The Hall–Kier alpha value is -0.780. The van der Waals surface area contributed by atoms with Crippen molar-refractivity contribution in [2.45, 2.75) is 79.6 Å². The largest absolute Gasteiger partial charge is 0.0856 e. The first-order chi connectivity index (χ1) is 9.42. The van der Waals surface area contributed by atoms with Crippen LogP contribution in [0.15, 0.2) is 34.4 Å². The summed E-state index contributed by atoms with van der Waals surface area (Å²) < 4.78 is 0. The molecule has 2 aliphatic rings. The molecule has 0 N–H and O–H groups in total. The summed E-state index contributed by atoms with van der Waals surface area (Å²) in [6, 6.07) is 0. The molecule has 0 amide bonds. The topological polar surface area (TPSA) is 0 Å². The Bertz CT molecular complexity index is 443. The molecule has 2 atom stereocenters. The molecule has 0 bridgehead atoms. The lowest BCUT2D eigenvalue weighted by Gasteiger charge is -2.43. The lowest BCUT2D eigenvalue weighted by Crippen LogP contribution is -2.30. The molecular weight excluding hydrogens is 240 g/mol. The van der Waals surface area contributed by atoms with Gasteiger partial charge in [0.05, 0.1) is 0 Å². The monoisotopic (exact) mass is 272 g/mol. The third kappa shape index (κ3) is 3.45. The molecule has 0 saturated heterocycles. The maximum atomic E-state index is 2.59. The van der Waals surface area contributed by atoms with Crippen LogP contribution in [0.5, 0.6) is 0 Å². The van der Waals surface area contributed by atoms with Crippen molar-refractivity contribution in [3.8, 4) is 0 Å². The molecule has 0 aliphatic heterocycles. The SMILES string of the molecule is CC(C)=CCC/C(C)=C1\C=C2[C@@H](C)CCC[C@]2(C)CC1. The second kappa shape index (κ2) is 6.33. The molecule has 1 saturated carbocycles. The van der Waals surface area contributed by atoms with Crippen LogP contribution >= 0.6 is 0 Å². The molecule has 0 radical (unpaired) electrons. The van der Waals surface area contributed by atoms with Gasteiger partial charge in [-0.15, -0.1) is 0 Å². The highest BCUT2D eigenvalue weighted by atomic mass is 14.4. The molecule has 0 heteroatoms. The summed E-state index contributed by atoms with van der Waals surface area (Å²) in [6.07, 6.45) is 14.3. The fraction of sp³-hybridized carbons (Fsp3) is 0.700. The van der Waals surface area contributed by atoms with Crippen LogP contribution in [-0.2, 0) is 0 Å². The van der Waals surface area contributed by atoms with Crippen molar-refractivity contribution in [3.05, 3.63) is 34.4 Å². The molecule has 0 unspecified atom stereocenters. The van der Waals surface area contributed by atoms with Gasteiger partial charge in [-0.3, -0.25) is 0 Å². The van der Waals surface area contributed by atoms with Gasteiger partial charge in [0.1, 0.15) is 0 Å². The van der Waals surface area contributed by atoms with Gasteiger partial charge in [0.25, 0.3) is 0 Å². The van der Waals surface area contributed by atoms with Crippen LogP contribution in [0.2, 0.25) is 0 Å². The van der Waals surface area contributed by atoms with Gasteiger partial charge in [-0.1, -0.05) is 49.1 Å². The Morgan fingerprint density at radius 3 is 2.75 bits per heavy atom. The van der Waals surface area contributed by atoms with Crippen molar-refractivity contribution in [2.24, 2.45) is 11.3 Å². The number of hydrogen-bond donors (Lipinski definition) is 0. The third-order valence-corrected chi connectivity index (χ3v) is 5.49. The first kappa shape index (κ1) is 15.6. The smallest absolute Gasteiger partial charge is 0.0107 e. The number of rotatable bonds is 3. The lowest BCUT2D eigenvalue weighted by molar-refractivity contribution is 0.238. The van der Waals surface area contributed by atoms with Crippen molar-refractivity contribution in [3.63, 3.8) is 0 Å². The average Bonchev–Trinajstić information content (AvgIpc) is 2.37. The lowest BCUT2D eigenvalue weighted by atomic mass is 9.61. The van der Waals surface area contributed by atoms with Gasteiger partial charge in [0.2, 0.25) is 0 Å². The van der Waals surface area contributed by atoms with Gasteiger partial charge in [-0.25, -0.2) is 0 Å². The van der Waals surface area contributed by atoms with Crippen molar-refractivity contribution < 1.29 is 0 Å². The van der Waals surface area contributed by atoms with E-state index in [0.717, 1.165) is 5.92 Å². The highest BCUT2D eigenvalue weighted by Gasteiger charge is 2.37. The zero-order valence-corrected chi connectivity index (χ0v) is 14.2. The summed E-state index contributed by atoms with van der Waals surface area (Å²) >= 11 is 0. The summed E-state index contributed by atoms with van der Waals surface area (Å²) in [5.41, 5.74) is 6.98. The van der Waals surface area contributed by atoms with E-state index in [4.69, 9.17) is 0 Å². The van der Waals surface area contributed by atoms with E-state index in [1.165, 1.54) is 50.5 Å². The van der Waals surface area contributed by atoms with Crippen molar-refractivity contribution in [1.29, 1.82) is 0 Å². The van der Waals surface area contributed by atoms with Gasteiger partial charge in [0.15, 0.2) is 0 Å². The Labute approximate surface area is 126 Å². The minimum atomic E-state index is 0.515. The predicted molar refractivity (Wildman–Crippen MR) is 89.8 cm³/mol. The second-order valence-electron chi connectivity index (χ2n) is 7.58. The van der Waals surface area contributed by atoms with Gasteiger partial charge < -0.3 is 0 Å². The summed E-state index contributed by atoms with van der Waals surface area (Å²) in [5, 5.41) is 0. The minimum absolute atomic E-state index is 0.515. The number of fused-ring (bicyclic) bond motifs is 1. The maximum absolute atomic E-state index is 2.59. The molecule has 112 valence electrons. The normalized spacial score (nSPS) is 32.2. The van der Waals surface area contributed by atoms with E-state index in [9.17, 15) is 0 Å². The molecule has 0 aromatic heterocycles. The molecule has 1 fully saturated rings. The van der Waals surface area contributed by atoms with Crippen molar-refractivity contribution >= 4 is 0 Å². The van der Waals surface area contributed by atoms with Crippen LogP contribution < -0.4 is 0 Å². The predicted octanol–water partition coefficient (Wildman–Crippen LogP) is 6.60. The van der Waals surface area contributed by atoms with E-state index in [-0.39, 0.29) is 0 Å². The third-order valence-electron chi connectivity index (χ3n) is 5.49. The minimum Gasteiger partial charge on any atom is -0.0856 e. The molecule has 0 spiro atoms. The maximum Gasteiger partial charge on any atom is -0.0107 e. The van der Waals surface area contributed by atoms with Gasteiger partial charge in [-0.05, 0) is 76.2 Å². The summed E-state index contributed by atoms with van der Waals surface area (Å²) in [4.78, 5) is 0. The Morgan fingerprint density at radius 1 is 1.30 bits per heavy atom. The zero-order chi connectivity index (χ0) is 14.8. The quantitative estimate of drug-likeness (QED) is 0.508. The zero-order valence-electron chi connectivity index (χ0n) is 14.2. The highest BCUT2D eigenvalue weighted by Crippen LogP contribution is 2.50. The Kier molecular flexibility index (Phi) is 4.94. The van der Waals surface area contributed by atoms with Crippen LogP contribution in [-0.4, -0.2) is 0 Å². The standard InChI is InChI=1S/C20H32/c1-15(2)8-6-9-16(3)18-11-13-20(5)12-7-10-17(4)19(20)14-18/h8,14,17H,6-7,9-13H2,1-5H3/b18-16-/t17-,20+/m0/s1. The molecule has 0 nitrogen and oxygen atoms in total. The Balaban J connectivity index is 2.16. The van der Waals surface area contributed by atoms with Crippen molar-refractivity contribution in [1.82, 2.24) is 0 Å². The number of allylic oxidation sites excluding steroid dienone is 6. The van der Waals surface area contributed by atoms with Gasteiger partial charge in [-0.2, -0.15) is 0 Å². The van der Waals surface area contributed by atoms with Gasteiger partial charge >= 0.3 is 0 Å². The molecule has 2 aliphatic carbocycles. The molecular formula is C20H32. The Morgan fingerprint density at radius 2 is 2.05 bits per heavy atom. The van der Waals surface area contributed by atoms with E-state index in [0.29, 0.717) is 5.41 Å². The van der Waals surface area contributed by atoms with Crippen LogP contribution in [0.4, 0.5) is 0 Å². The molecule has 0 aromatic carbocycles. The fourth-order valence-electron chi connectivity index (χ4n) is 4.02. The van der Waals surface area contributed by atoms with E-state index < -0.39 is 0 Å². The van der Waals surface area contributed by atoms with Gasteiger partial charge in [0, 0.05) is 0 Å². The molecule has 0 aromatic rings. The van der Waals surface area contributed by atoms with E-state index in [1.54, 1.807) is 16.7 Å². The molecule has 0 heterocycles. The molecule has 2 rings (SSSR count). The van der Waals surface area contributed by atoms with Crippen LogP contribution in [0, 0.1) is 11.3 Å².